The lowest BCUT2D eigenvalue weighted by Gasteiger charge is -2.29. The van der Waals surface area contributed by atoms with E-state index in [0.717, 1.165) is 0 Å². The van der Waals surface area contributed by atoms with Gasteiger partial charge in [-0.15, -0.1) is 9.24 Å². The van der Waals surface area contributed by atoms with Gasteiger partial charge in [0.15, 0.2) is 0 Å². The van der Waals surface area contributed by atoms with Crippen LogP contribution in [-0.4, -0.2) is 0 Å². The molecular weight excluding hydrogens is 225 g/mol. The summed E-state index contributed by atoms with van der Waals surface area (Å²) in [5, 5.41) is 1.34. The predicted molar refractivity (Wildman–Crippen MR) is 81.1 cm³/mol. The molecule has 0 aliphatic carbocycles. The van der Waals surface area contributed by atoms with Gasteiger partial charge >= 0.3 is 0 Å². The molecule has 0 radical (unpaired) electrons. The highest BCUT2D eigenvalue weighted by molar-refractivity contribution is 7.27. The normalized spacial score (nSPS) is 12.9. The summed E-state index contributed by atoms with van der Waals surface area (Å²) in [6.07, 6.45) is 0. The number of hydrogen-bond acceptors (Lipinski definition) is 1. The van der Waals surface area contributed by atoms with Gasteiger partial charge in [0.1, 0.15) is 0 Å². The van der Waals surface area contributed by atoms with Gasteiger partial charge in [0.2, 0.25) is 0 Å². The Hall–Kier alpha value is -0.390. The minimum atomic E-state index is 0.155. The summed E-state index contributed by atoms with van der Waals surface area (Å²) in [6, 6.07) is 4.50. The Bertz CT molecular complexity index is 373. The van der Waals surface area contributed by atoms with Crippen LogP contribution in [0.15, 0.2) is 12.1 Å². The second-order valence-electron chi connectivity index (χ2n) is 6.81. The third kappa shape index (κ3) is 3.30. The molecule has 0 aromatic heterocycles. The molecule has 0 fully saturated rings. The zero-order chi connectivity index (χ0) is 13.4. The summed E-state index contributed by atoms with van der Waals surface area (Å²) in [5.41, 5.74) is 10.1. The van der Waals surface area contributed by atoms with Crippen LogP contribution in [0.4, 0.5) is 0 Å². The number of benzene rings is 1. The number of hydrogen-bond donors (Lipinski definition) is 1. The summed E-state index contributed by atoms with van der Waals surface area (Å²) in [4.78, 5) is 0. The molecule has 0 saturated carbocycles. The zero-order valence-corrected chi connectivity index (χ0v) is 13.2. The first-order chi connectivity index (χ1) is 7.57. The third-order valence-corrected chi connectivity index (χ3v) is 3.71. The third-order valence-electron chi connectivity index (χ3n) is 3.09. The van der Waals surface area contributed by atoms with E-state index in [4.69, 9.17) is 5.73 Å². The summed E-state index contributed by atoms with van der Waals surface area (Å²) in [6.45, 7) is 14.1. The maximum atomic E-state index is 5.82. The highest BCUT2D eigenvalue weighted by Gasteiger charge is 2.24. The van der Waals surface area contributed by atoms with Crippen LogP contribution in [0.5, 0.6) is 0 Å². The molecule has 2 heteroatoms. The van der Waals surface area contributed by atoms with E-state index in [2.05, 4.69) is 62.9 Å². The zero-order valence-electron chi connectivity index (χ0n) is 12.0. The monoisotopic (exact) mass is 251 g/mol. The fourth-order valence-electron chi connectivity index (χ4n) is 2.07. The molecule has 1 rings (SSSR count). The molecule has 1 atom stereocenters. The number of nitrogens with two attached hydrogens (primary N) is 1. The van der Waals surface area contributed by atoms with Crippen molar-refractivity contribution in [1.29, 1.82) is 0 Å². The first kappa shape index (κ1) is 14.7. The van der Waals surface area contributed by atoms with Gasteiger partial charge in [-0.1, -0.05) is 53.7 Å². The van der Waals surface area contributed by atoms with Gasteiger partial charge in [0.05, 0.1) is 0 Å². The highest BCUT2D eigenvalue weighted by atomic mass is 31.0. The Kier molecular flexibility index (Phi) is 4.06. The minimum absolute atomic E-state index is 0.155. The second kappa shape index (κ2) is 4.71. The molecule has 0 amide bonds. The topological polar surface area (TPSA) is 26.0 Å². The van der Waals surface area contributed by atoms with Crippen molar-refractivity contribution >= 4 is 14.5 Å². The Morgan fingerprint density at radius 1 is 0.941 bits per heavy atom. The standard InChI is InChI=1S/C15H26NP/c1-14(2,3)11-7-10(9-16)8-12(13(11)17)15(4,5)6/h7-8H,9,16-17H2,1-6H3. The van der Waals surface area contributed by atoms with Crippen molar-refractivity contribution < 1.29 is 0 Å². The van der Waals surface area contributed by atoms with Crippen molar-refractivity contribution in [1.82, 2.24) is 0 Å². The molecule has 1 unspecified atom stereocenters. The van der Waals surface area contributed by atoms with E-state index in [1.54, 1.807) is 0 Å². The summed E-state index contributed by atoms with van der Waals surface area (Å²) in [5.74, 6) is 0. The Labute approximate surface area is 108 Å². The summed E-state index contributed by atoms with van der Waals surface area (Å²) in [7, 11) is 2.92. The first-order valence-electron chi connectivity index (χ1n) is 6.21. The molecule has 2 N–H and O–H groups in total. The van der Waals surface area contributed by atoms with E-state index >= 15 is 0 Å². The average molecular weight is 251 g/mol. The summed E-state index contributed by atoms with van der Waals surface area (Å²) >= 11 is 0. The van der Waals surface area contributed by atoms with E-state index in [9.17, 15) is 0 Å². The maximum Gasteiger partial charge on any atom is 0.0178 e. The van der Waals surface area contributed by atoms with Crippen LogP contribution < -0.4 is 11.0 Å². The SMILES string of the molecule is CC(C)(C)c1cc(CN)cc(C(C)(C)C)c1P. The van der Waals surface area contributed by atoms with Crippen molar-refractivity contribution in [2.24, 2.45) is 5.73 Å². The van der Waals surface area contributed by atoms with Gasteiger partial charge in [0.25, 0.3) is 0 Å². The lowest BCUT2D eigenvalue weighted by Crippen LogP contribution is -2.27. The van der Waals surface area contributed by atoms with E-state index in [1.165, 1.54) is 22.0 Å². The Morgan fingerprint density at radius 2 is 1.29 bits per heavy atom. The van der Waals surface area contributed by atoms with E-state index < -0.39 is 0 Å². The van der Waals surface area contributed by atoms with Gasteiger partial charge in [-0.25, -0.2) is 0 Å². The fourth-order valence-corrected chi connectivity index (χ4v) is 3.10. The molecule has 0 saturated heterocycles. The number of rotatable bonds is 1. The Morgan fingerprint density at radius 3 is 1.53 bits per heavy atom. The molecular formula is C15H26NP. The largest absolute Gasteiger partial charge is 0.326 e. The fraction of sp³-hybridized carbons (Fsp3) is 0.600. The smallest absolute Gasteiger partial charge is 0.0178 e. The van der Waals surface area contributed by atoms with Crippen molar-refractivity contribution in [3.63, 3.8) is 0 Å². The van der Waals surface area contributed by atoms with Gasteiger partial charge < -0.3 is 5.73 Å². The van der Waals surface area contributed by atoms with E-state index in [1.807, 2.05) is 0 Å². The first-order valence-corrected chi connectivity index (χ1v) is 6.78. The van der Waals surface area contributed by atoms with Gasteiger partial charge in [-0.05, 0) is 32.8 Å². The molecule has 1 nitrogen and oxygen atoms in total. The van der Waals surface area contributed by atoms with Crippen molar-refractivity contribution in [2.75, 3.05) is 0 Å². The molecule has 1 aromatic rings. The van der Waals surface area contributed by atoms with Crippen LogP contribution >= 0.6 is 9.24 Å². The van der Waals surface area contributed by atoms with Crippen LogP contribution in [0.25, 0.3) is 0 Å². The van der Waals surface area contributed by atoms with Crippen LogP contribution in [-0.2, 0) is 17.4 Å². The van der Waals surface area contributed by atoms with Gasteiger partial charge in [0, 0.05) is 6.54 Å². The van der Waals surface area contributed by atoms with Gasteiger partial charge in [-0.2, -0.15) is 0 Å². The molecule has 17 heavy (non-hydrogen) atoms. The van der Waals surface area contributed by atoms with Crippen LogP contribution in [0.1, 0.15) is 58.2 Å². The molecule has 0 aliphatic heterocycles. The van der Waals surface area contributed by atoms with E-state index in [-0.39, 0.29) is 10.8 Å². The quantitative estimate of drug-likeness (QED) is 0.762. The van der Waals surface area contributed by atoms with Gasteiger partial charge in [-0.3, -0.25) is 0 Å². The highest BCUT2D eigenvalue weighted by Crippen LogP contribution is 2.30. The molecule has 1 aromatic carbocycles. The average Bonchev–Trinajstić information content (AvgIpc) is 2.14. The van der Waals surface area contributed by atoms with Crippen LogP contribution in [0, 0.1) is 0 Å². The van der Waals surface area contributed by atoms with E-state index in [0.29, 0.717) is 6.54 Å². The Balaban J connectivity index is 3.53. The predicted octanol–water partition coefficient (Wildman–Crippen LogP) is 3.24. The summed E-state index contributed by atoms with van der Waals surface area (Å²) < 4.78 is 0. The second-order valence-corrected chi connectivity index (χ2v) is 7.39. The molecule has 0 heterocycles. The van der Waals surface area contributed by atoms with Crippen molar-refractivity contribution in [2.45, 2.75) is 58.9 Å². The molecule has 96 valence electrons. The molecule has 0 aliphatic rings. The van der Waals surface area contributed by atoms with Crippen LogP contribution in [0.2, 0.25) is 0 Å². The molecule has 0 bridgehead atoms. The van der Waals surface area contributed by atoms with Crippen molar-refractivity contribution in [3.05, 3.63) is 28.8 Å². The lowest BCUT2D eigenvalue weighted by atomic mass is 9.79. The molecule has 0 spiro atoms. The minimum Gasteiger partial charge on any atom is -0.326 e. The maximum absolute atomic E-state index is 5.82. The lowest BCUT2D eigenvalue weighted by molar-refractivity contribution is 0.574. The van der Waals surface area contributed by atoms with Crippen molar-refractivity contribution in [3.8, 4) is 0 Å². The van der Waals surface area contributed by atoms with Crippen LogP contribution in [0.3, 0.4) is 0 Å².